The van der Waals surface area contributed by atoms with Crippen molar-refractivity contribution in [2.75, 3.05) is 19.8 Å². The molecule has 2 unspecified atom stereocenters. The fraction of sp³-hybridized carbons (Fsp3) is 0.516. The normalized spacial score (nSPS) is 11.4. The van der Waals surface area contributed by atoms with E-state index in [9.17, 15) is 19.5 Å². The molecule has 0 spiro atoms. The Morgan fingerprint density at radius 3 is 1.97 bits per heavy atom. The Morgan fingerprint density at radius 2 is 1.47 bits per heavy atom. The van der Waals surface area contributed by atoms with Gasteiger partial charge in [0.2, 0.25) is 0 Å². The molecular weight excluding hydrogens is 484 g/mol. The van der Waals surface area contributed by atoms with Crippen LogP contribution < -0.4 is 0 Å². The van der Waals surface area contributed by atoms with Gasteiger partial charge in [0.15, 0.2) is 0 Å². The summed E-state index contributed by atoms with van der Waals surface area (Å²) < 4.78 is 14.5. The molecule has 2 aromatic rings. The van der Waals surface area contributed by atoms with E-state index in [0.717, 1.165) is 24.8 Å². The Balaban J connectivity index is 0.000000737. The van der Waals surface area contributed by atoms with Gasteiger partial charge in [-0.25, -0.2) is 0 Å². The predicted octanol–water partition coefficient (Wildman–Crippen LogP) is 5.77. The van der Waals surface area contributed by atoms with E-state index in [4.69, 9.17) is 9.47 Å². The number of hydrogen-bond acceptors (Lipinski definition) is 7. The molecule has 0 amide bonds. The van der Waals surface area contributed by atoms with Gasteiger partial charge in [-0.2, -0.15) is 0 Å². The van der Waals surface area contributed by atoms with E-state index in [0.29, 0.717) is 13.0 Å². The molecule has 0 radical (unpaired) electrons. The van der Waals surface area contributed by atoms with Gasteiger partial charge in [0.1, 0.15) is 6.61 Å². The maximum atomic E-state index is 11.6. The monoisotopic (exact) mass is 530 g/mol. The first-order valence-electron chi connectivity index (χ1n) is 13.3. The number of aliphatic hydroxyl groups excluding tert-OH is 1. The highest BCUT2D eigenvalue weighted by Crippen LogP contribution is 2.09. The van der Waals surface area contributed by atoms with Gasteiger partial charge in [0.25, 0.3) is 0 Å². The van der Waals surface area contributed by atoms with E-state index in [1.165, 1.54) is 18.1 Å². The van der Waals surface area contributed by atoms with Gasteiger partial charge < -0.3 is 19.3 Å². The van der Waals surface area contributed by atoms with Crippen molar-refractivity contribution in [3.8, 4) is 0 Å². The average molecular weight is 531 g/mol. The summed E-state index contributed by atoms with van der Waals surface area (Å²) in [7, 11) is 0. The van der Waals surface area contributed by atoms with Crippen LogP contribution in [0, 0.1) is 19.8 Å². The third-order valence-electron chi connectivity index (χ3n) is 5.23. The summed E-state index contributed by atoms with van der Waals surface area (Å²) >= 11 is 0. The van der Waals surface area contributed by atoms with E-state index in [1.807, 2.05) is 49.4 Å². The first kappa shape index (κ1) is 34.8. The summed E-state index contributed by atoms with van der Waals surface area (Å²) in [6.45, 7) is 11.7. The zero-order valence-electron chi connectivity index (χ0n) is 23.9. The molecule has 0 aliphatic carbocycles. The molecule has 2 atom stereocenters. The SMILES string of the molecule is CCCCOC(C)=O.CCOC(=O)C(C)CC(=O)OCC(O)CCc1ccc(C)cc1.Cc1ccccc1. The van der Waals surface area contributed by atoms with Gasteiger partial charge >= 0.3 is 17.9 Å². The second-order valence-corrected chi connectivity index (χ2v) is 9.07. The van der Waals surface area contributed by atoms with Crippen molar-refractivity contribution in [3.05, 3.63) is 71.3 Å². The number of aryl methyl sites for hydroxylation is 3. The maximum absolute atomic E-state index is 11.6. The average Bonchev–Trinajstić information content (AvgIpc) is 2.88. The first-order valence-corrected chi connectivity index (χ1v) is 13.3. The van der Waals surface area contributed by atoms with E-state index in [1.54, 1.807) is 13.8 Å². The second kappa shape index (κ2) is 21.9. The van der Waals surface area contributed by atoms with Crippen molar-refractivity contribution in [3.63, 3.8) is 0 Å². The molecule has 0 bridgehead atoms. The molecule has 2 rings (SSSR count). The lowest BCUT2D eigenvalue weighted by molar-refractivity contribution is -0.155. The fourth-order valence-electron chi connectivity index (χ4n) is 2.93. The van der Waals surface area contributed by atoms with Crippen LogP contribution in [0.25, 0.3) is 0 Å². The third-order valence-corrected chi connectivity index (χ3v) is 5.23. The summed E-state index contributed by atoms with van der Waals surface area (Å²) in [5, 5.41) is 9.87. The Labute approximate surface area is 228 Å². The number of carbonyl (C=O) groups excluding carboxylic acids is 3. The van der Waals surface area contributed by atoms with Crippen molar-refractivity contribution in [2.24, 2.45) is 5.92 Å². The van der Waals surface area contributed by atoms with Crippen molar-refractivity contribution in [1.82, 2.24) is 0 Å². The van der Waals surface area contributed by atoms with Crippen molar-refractivity contribution in [1.29, 1.82) is 0 Å². The predicted molar refractivity (Wildman–Crippen MR) is 150 cm³/mol. The first-order chi connectivity index (χ1) is 18.1. The number of rotatable bonds is 12. The van der Waals surface area contributed by atoms with Gasteiger partial charge in [0, 0.05) is 6.92 Å². The van der Waals surface area contributed by atoms with E-state index in [-0.39, 0.29) is 25.6 Å². The molecule has 1 N–H and O–H groups in total. The Morgan fingerprint density at radius 1 is 0.868 bits per heavy atom. The molecule has 0 aromatic heterocycles. The van der Waals surface area contributed by atoms with Crippen LogP contribution in [0.5, 0.6) is 0 Å². The van der Waals surface area contributed by atoms with Crippen LogP contribution in [-0.4, -0.2) is 48.9 Å². The molecule has 7 heteroatoms. The van der Waals surface area contributed by atoms with Crippen LogP contribution >= 0.6 is 0 Å². The van der Waals surface area contributed by atoms with E-state index in [2.05, 4.69) is 30.7 Å². The summed E-state index contributed by atoms with van der Waals surface area (Å²) in [4.78, 5) is 33.2. The van der Waals surface area contributed by atoms with Gasteiger partial charge in [-0.1, -0.05) is 86.0 Å². The highest BCUT2D eigenvalue weighted by atomic mass is 16.5. The maximum Gasteiger partial charge on any atom is 0.309 e. The molecular formula is C31H46O7. The molecule has 0 aliphatic heterocycles. The quantitative estimate of drug-likeness (QED) is 0.211. The molecule has 0 aliphatic rings. The molecule has 7 nitrogen and oxygen atoms in total. The minimum absolute atomic E-state index is 0.0382. The molecule has 0 fully saturated rings. The molecule has 212 valence electrons. The zero-order valence-corrected chi connectivity index (χ0v) is 23.9. The van der Waals surface area contributed by atoms with Crippen molar-refractivity contribution < 1.29 is 33.7 Å². The zero-order chi connectivity index (χ0) is 28.8. The van der Waals surface area contributed by atoms with Gasteiger partial charge in [0.05, 0.1) is 31.7 Å². The minimum atomic E-state index is -0.710. The lowest BCUT2D eigenvalue weighted by Crippen LogP contribution is -2.23. The van der Waals surface area contributed by atoms with Crippen LogP contribution in [0.15, 0.2) is 54.6 Å². The highest BCUT2D eigenvalue weighted by molar-refractivity contribution is 5.79. The summed E-state index contributed by atoms with van der Waals surface area (Å²) in [5.41, 5.74) is 3.65. The smallest absolute Gasteiger partial charge is 0.309 e. The Bertz CT molecular complexity index is 894. The number of hydrogen-bond donors (Lipinski definition) is 1. The lowest BCUT2D eigenvalue weighted by Gasteiger charge is -2.13. The Kier molecular flexibility index (Phi) is 20.0. The standard InChI is InChI=1S/C18H26O5.C7H8.C6H12O2/c1-4-22-18(21)14(3)11-17(20)23-12-16(19)10-9-15-7-5-13(2)6-8-15;1-7-5-3-2-4-6-7;1-3-4-5-8-6(2)7/h5-8,14,16,19H,4,9-12H2,1-3H3;2-6H,1H3;3-5H2,1-2H3. The van der Waals surface area contributed by atoms with Gasteiger partial charge in [-0.3, -0.25) is 14.4 Å². The third kappa shape index (κ3) is 19.9. The number of esters is 3. The summed E-state index contributed by atoms with van der Waals surface area (Å²) in [5.74, 6) is -1.63. The van der Waals surface area contributed by atoms with Crippen LogP contribution in [0.4, 0.5) is 0 Å². The number of unbranched alkanes of at least 4 members (excludes halogenated alkanes) is 1. The topological polar surface area (TPSA) is 99.1 Å². The number of carbonyl (C=O) groups is 3. The number of ether oxygens (including phenoxy) is 3. The highest BCUT2D eigenvalue weighted by Gasteiger charge is 2.19. The molecule has 2 aromatic carbocycles. The minimum Gasteiger partial charge on any atom is -0.466 e. The van der Waals surface area contributed by atoms with Crippen LogP contribution in [0.2, 0.25) is 0 Å². The van der Waals surface area contributed by atoms with Crippen LogP contribution in [-0.2, 0) is 35.0 Å². The van der Waals surface area contributed by atoms with Crippen LogP contribution in [0.1, 0.15) is 70.1 Å². The van der Waals surface area contributed by atoms with Crippen LogP contribution in [0.3, 0.4) is 0 Å². The number of benzene rings is 2. The second-order valence-electron chi connectivity index (χ2n) is 9.07. The number of aliphatic hydroxyl groups is 1. The van der Waals surface area contributed by atoms with E-state index < -0.39 is 24.0 Å². The van der Waals surface area contributed by atoms with Crippen molar-refractivity contribution >= 4 is 17.9 Å². The molecule has 0 heterocycles. The summed E-state index contributed by atoms with van der Waals surface area (Å²) in [6.07, 6.45) is 2.54. The fourth-order valence-corrected chi connectivity index (χ4v) is 2.93. The lowest BCUT2D eigenvalue weighted by atomic mass is 10.1. The van der Waals surface area contributed by atoms with Gasteiger partial charge in [-0.15, -0.1) is 0 Å². The largest absolute Gasteiger partial charge is 0.466 e. The summed E-state index contributed by atoms with van der Waals surface area (Å²) in [6, 6.07) is 18.4. The van der Waals surface area contributed by atoms with Gasteiger partial charge in [-0.05, 0) is 45.6 Å². The molecule has 38 heavy (non-hydrogen) atoms. The Hall–Kier alpha value is -3.19. The molecule has 0 saturated heterocycles. The van der Waals surface area contributed by atoms with Crippen molar-refractivity contribution in [2.45, 2.75) is 79.8 Å². The van der Waals surface area contributed by atoms with E-state index >= 15 is 0 Å². The molecule has 0 saturated carbocycles.